The molecule has 3 rings (SSSR count). The van der Waals surface area contributed by atoms with Crippen molar-refractivity contribution in [2.75, 3.05) is 0 Å². The topological polar surface area (TPSA) is 8.17 Å². The SMILES string of the molecule is CC(C)(C)[C@@H]1c2cccn2B(c2ccccc2)N1C(C)(C)C. The molecule has 0 amide bonds. The molecule has 1 aliphatic rings. The van der Waals surface area contributed by atoms with Gasteiger partial charge in [0.25, 0.3) is 0 Å². The Hall–Kier alpha value is -1.48. The van der Waals surface area contributed by atoms with E-state index in [4.69, 9.17) is 0 Å². The van der Waals surface area contributed by atoms with E-state index in [0.717, 1.165) is 0 Å². The summed E-state index contributed by atoms with van der Waals surface area (Å²) >= 11 is 0. The average Bonchev–Trinajstić information content (AvgIpc) is 2.96. The van der Waals surface area contributed by atoms with Crippen LogP contribution in [0.3, 0.4) is 0 Å². The normalized spacial score (nSPS) is 19.5. The van der Waals surface area contributed by atoms with Gasteiger partial charge in [-0.2, -0.15) is 0 Å². The number of nitrogens with zero attached hydrogens (tertiary/aromatic N) is 2. The summed E-state index contributed by atoms with van der Waals surface area (Å²) in [6.45, 7) is 14.3. The standard InChI is InChI=1S/C19H27BN2/c1-18(2,3)17-16-13-10-14-21(16)20(22(17)19(4,5)6)15-11-8-7-9-12-15/h7-14,17H,1-6H3/t17-/m0/s1. The van der Waals surface area contributed by atoms with E-state index in [2.05, 4.69) is 99.5 Å². The summed E-state index contributed by atoms with van der Waals surface area (Å²) in [7, 11) is 0. The number of hydrogen-bond donors (Lipinski definition) is 0. The number of fused-ring (bicyclic) bond motifs is 1. The first-order chi connectivity index (χ1) is 10.2. The maximum atomic E-state index is 2.68. The van der Waals surface area contributed by atoms with Crippen LogP contribution in [-0.2, 0) is 0 Å². The molecule has 0 saturated heterocycles. The molecule has 116 valence electrons. The Labute approximate surface area is 135 Å². The Morgan fingerprint density at radius 1 is 0.864 bits per heavy atom. The first-order valence-corrected chi connectivity index (χ1v) is 8.21. The molecule has 3 heteroatoms. The van der Waals surface area contributed by atoms with Crippen LogP contribution in [0.4, 0.5) is 0 Å². The van der Waals surface area contributed by atoms with Crippen molar-refractivity contribution in [2.45, 2.75) is 53.1 Å². The van der Waals surface area contributed by atoms with Crippen molar-refractivity contribution >= 4 is 12.4 Å². The van der Waals surface area contributed by atoms with Gasteiger partial charge in [-0.25, -0.2) is 0 Å². The van der Waals surface area contributed by atoms with Crippen molar-refractivity contribution in [3.8, 4) is 0 Å². The highest BCUT2D eigenvalue weighted by molar-refractivity contribution is 6.70. The second kappa shape index (κ2) is 5.02. The number of aromatic nitrogens is 1. The van der Waals surface area contributed by atoms with Crippen molar-refractivity contribution in [3.05, 3.63) is 54.4 Å². The van der Waals surface area contributed by atoms with Gasteiger partial charge < -0.3 is 9.29 Å². The van der Waals surface area contributed by atoms with Crippen LogP contribution in [0.15, 0.2) is 48.7 Å². The molecule has 22 heavy (non-hydrogen) atoms. The highest BCUT2D eigenvalue weighted by Gasteiger charge is 2.50. The van der Waals surface area contributed by atoms with Gasteiger partial charge in [-0.05, 0) is 50.0 Å². The quantitative estimate of drug-likeness (QED) is 0.723. The van der Waals surface area contributed by atoms with Crippen LogP contribution in [-0.4, -0.2) is 21.8 Å². The maximum absolute atomic E-state index is 2.68. The van der Waals surface area contributed by atoms with Gasteiger partial charge in [0.15, 0.2) is 0 Å². The summed E-state index contributed by atoms with van der Waals surface area (Å²) in [5, 5.41) is 0. The summed E-state index contributed by atoms with van der Waals surface area (Å²) in [6, 6.07) is 15.8. The van der Waals surface area contributed by atoms with Crippen molar-refractivity contribution in [2.24, 2.45) is 5.41 Å². The van der Waals surface area contributed by atoms with Gasteiger partial charge in [0.05, 0.1) is 0 Å². The molecule has 1 aromatic heterocycles. The Balaban J connectivity index is 2.20. The largest absolute Gasteiger partial charge is 0.383 e. The second-order valence-corrected chi connectivity index (χ2v) is 8.47. The van der Waals surface area contributed by atoms with Crippen molar-refractivity contribution in [3.63, 3.8) is 0 Å². The minimum absolute atomic E-state index is 0.0947. The predicted molar refractivity (Wildman–Crippen MR) is 95.4 cm³/mol. The van der Waals surface area contributed by atoms with Crippen LogP contribution in [0.1, 0.15) is 53.3 Å². The summed E-state index contributed by atoms with van der Waals surface area (Å²) in [6.07, 6.45) is 2.23. The smallest absolute Gasteiger partial charge is 0.375 e. The molecule has 0 unspecified atom stereocenters. The van der Waals surface area contributed by atoms with Gasteiger partial charge in [0.2, 0.25) is 0 Å². The first kappa shape index (κ1) is 15.4. The molecule has 0 fully saturated rings. The number of benzene rings is 1. The minimum atomic E-state index is 0.0947. The lowest BCUT2D eigenvalue weighted by Gasteiger charge is -2.45. The Kier molecular flexibility index (Phi) is 3.52. The Bertz CT molecular complexity index is 646. The van der Waals surface area contributed by atoms with Crippen LogP contribution >= 0.6 is 0 Å². The lowest BCUT2D eigenvalue weighted by Crippen LogP contribution is -2.58. The van der Waals surface area contributed by atoms with Gasteiger partial charge >= 0.3 is 6.98 Å². The van der Waals surface area contributed by atoms with Crippen molar-refractivity contribution in [1.29, 1.82) is 0 Å². The molecular formula is C19H27BN2. The molecule has 0 aliphatic carbocycles. The molecule has 1 aliphatic heterocycles. The van der Waals surface area contributed by atoms with Crippen LogP contribution in [0, 0.1) is 5.41 Å². The molecule has 0 bridgehead atoms. The fourth-order valence-electron chi connectivity index (χ4n) is 3.84. The van der Waals surface area contributed by atoms with Crippen molar-refractivity contribution < 1.29 is 0 Å². The fourth-order valence-corrected chi connectivity index (χ4v) is 3.84. The lowest BCUT2D eigenvalue weighted by molar-refractivity contribution is 0.109. The highest BCUT2D eigenvalue weighted by atomic mass is 15.3. The van der Waals surface area contributed by atoms with Gasteiger partial charge in [0, 0.05) is 17.3 Å². The van der Waals surface area contributed by atoms with Crippen LogP contribution in [0.2, 0.25) is 0 Å². The molecule has 0 N–H and O–H groups in total. The summed E-state index contributed by atoms with van der Waals surface area (Å²) < 4.78 is 2.45. The second-order valence-electron chi connectivity index (χ2n) is 8.47. The third-order valence-electron chi connectivity index (χ3n) is 4.59. The maximum Gasteiger partial charge on any atom is 0.383 e. The number of hydrogen-bond acceptors (Lipinski definition) is 1. The molecule has 2 nitrogen and oxygen atoms in total. The van der Waals surface area contributed by atoms with E-state index in [1.807, 2.05) is 0 Å². The van der Waals surface area contributed by atoms with E-state index in [9.17, 15) is 0 Å². The molecule has 1 aromatic carbocycles. The number of rotatable bonds is 1. The predicted octanol–water partition coefficient (Wildman–Crippen LogP) is 3.93. The van der Waals surface area contributed by atoms with Crippen LogP contribution in [0.25, 0.3) is 0 Å². The zero-order chi connectivity index (χ0) is 16.1. The average molecular weight is 294 g/mol. The van der Waals surface area contributed by atoms with Crippen LogP contribution < -0.4 is 5.46 Å². The van der Waals surface area contributed by atoms with Gasteiger partial charge in [-0.3, -0.25) is 0 Å². The molecule has 1 atom stereocenters. The third kappa shape index (κ3) is 2.42. The third-order valence-corrected chi connectivity index (χ3v) is 4.59. The molecule has 0 spiro atoms. The monoisotopic (exact) mass is 294 g/mol. The molecule has 2 heterocycles. The Morgan fingerprint density at radius 2 is 1.50 bits per heavy atom. The van der Waals surface area contributed by atoms with E-state index >= 15 is 0 Å². The highest BCUT2D eigenvalue weighted by Crippen LogP contribution is 2.46. The van der Waals surface area contributed by atoms with E-state index in [1.54, 1.807) is 0 Å². The molecule has 2 aromatic rings. The summed E-state index contributed by atoms with van der Waals surface area (Å²) in [4.78, 5) is 2.68. The van der Waals surface area contributed by atoms with Gasteiger partial charge in [-0.1, -0.05) is 51.1 Å². The van der Waals surface area contributed by atoms with Crippen LogP contribution in [0.5, 0.6) is 0 Å². The van der Waals surface area contributed by atoms with Crippen molar-refractivity contribution in [1.82, 2.24) is 9.29 Å². The lowest BCUT2D eigenvalue weighted by atomic mass is 9.63. The zero-order valence-corrected chi connectivity index (χ0v) is 14.7. The van der Waals surface area contributed by atoms with E-state index in [1.165, 1.54) is 11.2 Å². The van der Waals surface area contributed by atoms with E-state index < -0.39 is 0 Å². The summed E-state index contributed by atoms with van der Waals surface area (Å²) in [5.74, 6) is 0. The minimum Gasteiger partial charge on any atom is -0.375 e. The van der Waals surface area contributed by atoms with E-state index in [-0.39, 0.29) is 17.9 Å². The molecule has 0 radical (unpaired) electrons. The first-order valence-electron chi connectivity index (χ1n) is 8.21. The molecule has 0 saturated carbocycles. The molecular weight excluding hydrogens is 267 g/mol. The summed E-state index contributed by atoms with van der Waals surface area (Å²) in [5.41, 5.74) is 3.07. The fraction of sp³-hybridized carbons (Fsp3) is 0.474. The zero-order valence-electron chi connectivity index (χ0n) is 14.7. The van der Waals surface area contributed by atoms with Gasteiger partial charge in [-0.15, -0.1) is 0 Å². The Morgan fingerprint density at radius 3 is 2.05 bits per heavy atom. The van der Waals surface area contributed by atoms with Gasteiger partial charge in [0.1, 0.15) is 0 Å². The van der Waals surface area contributed by atoms with E-state index in [0.29, 0.717) is 6.04 Å².